The minimum Gasteiger partial charge on any atom is -0.355 e. The predicted molar refractivity (Wildman–Crippen MR) is 65.6 cm³/mol. The van der Waals surface area contributed by atoms with E-state index in [1.807, 2.05) is 0 Å². The molecule has 2 aromatic rings. The smallest absolute Gasteiger partial charge is 0.0898 e. The molecule has 0 radical (unpaired) electrons. The van der Waals surface area contributed by atoms with E-state index in [4.69, 9.17) is 0 Å². The predicted octanol–water partition coefficient (Wildman–Crippen LogP) is 2.68. The molecule has 0 spiro atoms. The summed E-state index contributed by atoms with van der Waals surface area (Å²) < 4.78 is 0. The van der Waals surface area contributed by atoms with Crippen molar-refractivity contribution in [1.29, 1.82) is 0 Å². The molecule has 76 valence electrons. The first-order valence-electron chi connectivity index (χ1n) is 5.21. The molecule has 3 rings (SSSR count). The maximum atomic E-state index is 2.28. The summed E-state index contributed by atoms with van der Waals surface area (Å²) in [6.45, 7) is 0.978. The Balaban J connectivity index is 2.32. The van der Waals surface area contributed by atoms with Crippen LogP contribution in [0.3, 0.4) is 0 Å². The van der Waals surface area contributed by atoms with Crippen LogP contribution in [-0.2, 0) is 0 Å². The molecule has 0 fully saturated rings. The van der Waals surface area contributed by atoms with Gasteiger partial charge in [-0.25, -0.2) is 0 Å². The van der Waals surface area contributed by atoms with Crippen molar-refractivity contribution < 1.29 is 0 Å². The zero-order valence-electron chi connectivity index (χ0n) is 9.07. The maximum absolute atomic E-state index is 2.28. The Bertz CT molecular complexity index is 472. The minimum atomic E-state index is 0.978. The van der Waals surface area contributed by atoms with Crippen LogP contribution in [0.1, 0.15) is 0 Å². The van der Waals surface area contributed by atoms with Gasteiger partial charge in [0.2, 0.25) is 0 Å². The van der Waals surface area contributed by atoms with Crippen molar-refractivity contribution in [3.63, 3.8) is 0 Å². The van der Waals surface area contributed by atoms with Gasteiger partial charge in [-0.05, 0) is 22.9 Å². The van der Waals surface area contributed by atoms with Gasteiger partial charge in [-0.15, -0.1) is 0 Å². The van der Waals surface area contributed by atoms with E-state index in [0.717, 1.165) is 6.67 Å². The lowest BCUT2D eigenvalue weighted by Crippen LogP contribution is -2.23. The lowest BCUT2D eigenvalue weighted by atomic mass is 10.1. The first-order chi connectivity index (χ1) is 7.25. The summed E-state index contributed by atoms with van der Waals surface area (Å²) in [5.41, 5.74) is 2.66. The number of fused-ring (bicyclic) bond motifs is 2. The molecule has 0 saturated heterocycles. The molecule has 0 aliphatic carbocycles. The van der Waals surface area contributed by atoms with Gasteiger partial charge in [-0.1, -0.05) is 24.3 Å². The SMILES string of the molecule is CN1CN(C)c2cc3ccccc3cc21. The standard InChI is InChI=1S/C13H14N2/c1-14-9-15(2)13-8-11-6-4-3-5-10(11)7-12(13)14/h3-8H,9H2,1-2H3. The second-order valence-corrected chi connectivity index (χ2v) is 4.23. The van der Waals surface area contributed by atoms with Crippen LogP contribution in [0, 0.1) is 0 Å². The molecular formula is C13H14N2. The van der Waals surface area contributed by atoms with Gasteiger partial charge in [0.25, 0.3) is 0 Å². The van der Waals surface area contributed by atoms with Crippen LogP contribution in [0.15, 0.2) is 36.4 Å². The highest BCUT2D eigenvalue weighted by atomic mass is 15.3. The molecule has 2 aromatic carbocycles. The first kappa shape index (κ1) is 8.60. The van der Waals surface area contributed by atoms with Crippen LogP contribution in [0.5, 0.6) is 0 Å². The topological polar surface area (TPSA) is 6.48 Å². The zero-order chi connectivity index (χ0) is 10.4. The molecule has 2 heteroatoms. The molecule has 1 heterocycles. The highest BCUT2D eigenvalue weighted by Crippen LogP contribution is 2.37. The largest absolute Gasteiger partial charge is 0.355 e. The number of hydrogen-bond acceptors (Lipinski definition) is 2. The molecule has 0 bridgehead atoms. The molecule has 0 aromatic heterocycles. The monoisotopic (exact) mass is 198 g/mol. The highest BCUT2D eigenvalue weighted by molar-refractivity contribution is 5.94. The van der Waals surface area contributed by atoms with Gasteiger partial charge in [0.05, 0.1) is 18.0 Å². The second-order valence-electron chi connectivity index (χ2n) is 4.23. The lowest BCUT2D eigenvalue weighted by molar-refractivity contribution is 0.916. The van der Waals surface area contributed by atoms with Crippen molar-refractivity contribution in [1.82, 2.24) is 0 Å². The Morgan fingerprint density at radius 1 is 0.867 bits per heavy atom. The van der Waals surface area contributed by atoms with E-state index in [-0.39, 0.29) is 0 Å². The Labute approximate surface area is 89.7 Å². The molecular weight excluding hydrogens is 184 g/mol. The third-order valence-electron chi connectivity index (χ3n) is 3.09. The van der Waals surface area contributed by atoms with Crippen molar-refractivity contribution in [2.45, 2.75) is 0 Å². The van der Waals surface area contributed by atoms with E-state index in [1.54, 1.807) is 0 Å². The maximum Gasteiger partial charge on any atom is 0.0898 e. The van der Waals surface area contributed by atoms with Crippen molar-refractivity contribution in [3.8, 4) is 0 Å². The second kappa shape index (κ2) is 2.89. The van der Waals surface area contributed by atoms with E-state index < -0.39 is 0 Å². The van der Waals surface area contributed by atoms with E-state index in [9.17, 15) is 0 Å². The third-order valence-corrected chi connectivity index (χ3v) is 3.09. The fourth-order valence-electron chi connectivity index (χ4n) is 2.30. The van der Waals surface area contributed by atoms with Gasteiger partial charge in [0, 0.05) is 14.1 Å². The molecule has 0 saturated carbocycles. The van der Waals surface area contributed by atoms with E-state index in [0.29, 0.717) is 0 Å². The average Bonchev–Trinajstić information content (AvgIpc) is 2.52. The van der Waals surface area contributed by atoms with E-state index >= 15 is 0 Å². The zero-order valence-corrected chi connectivity index (χ0v) is 9.07. The van der Waals surface area contributed by atoms with Crippen LogP contribution < -0.4 is 9.80 Å². The van der Waals surface area contributed by atoms with Crippen molar-refractivity contribution in [3.05, 3.63) is 36.4 Å². The van der Waals surface area contributed by atoms with Crippen LogP contribution in [0.2, 0.25) is 0 Å². The summed E-state index contributed by atoms with van der Waals surface area (Å²) in [6, 6.07) is 13.1. The van der Waals surface area contributed by atoms with Crippen molar-refractivity contribution >= 4 is 22.1 Å². The fraction of sp³-hybridized carbons (Fsp3) is 0.231. The van der Waals surface area contributed by atoms with E-state index in [2.05, 4.69) is 60.3 Å². The van der Waals surface area contributed by atoms with Gasteiger partial charge in [-0.2, -0.15) is 0 Å². The Kier molecular flexibility index (Phi) is 1.66. The molecule has 0 unspecified atom stereocenters. The molecule has 2 nitrogen and oxygen atoms in total. The minimum absolute atomic E-state index is 0.978. The van der Waals surface area contributed by atoms with E-state index in [1.165, 1.54) is 22.1 Å². The van der Waals surface area contributed by atoms with Gasteiger partial charge in [0.1, 0.15) is 0 Å². The Morgan fingerprint density at radius 3 is 1.80 bits per heavy atom. The van der Waals surface area contributed by atoms with Gasteiger partial charge in [0.15, 0.2) is 0 Å². The van der Waals surface area contributed by atoms with Gasteiger partial charge >= 0.3 is 0 Å². The first-order valence-corrected chi connectivity index (χ1v) is 5.21. The number of nitrogens with zero attached hydrogens (tertiary/aromatic N) is 2. The van der Waals surface area contributed by atoms with Gasteiger partial charge < -0.3 is 9.80 Å². The molecule has 1 aliphatic rings. The van der Waals surface area contributed by atoms with Crippen LogP contribution in [-0.4, -0.2) is 20.8 Å². The van der Waals surface area contributed by atoms with Crippen molar-refractivity contribution in [2.24, 2.45) is 0 Å². The van der Waals surface area contributed by atoms with Crippen LogP contribution in [0.25, 0.3) is 10.8 Å². The lowest BCUT2D eigenvalue weighted by Gasteiger charge is -2.11. The summed E-state index contributed by atoms with van der Waals surface area (Å²) >= 11 is 0. The van der Waals surface area contributed by atoms with Crippen molar-refractivity contribution in [2.75, 3.05) is 30.6 Å². The molecule has 0 N–H and O–H groups in total. The number of benzene rings is 2. The summed E-state index contributed by atoms with van der Waals surface area (Å²) in [6.07, 6.45) is 0. The summed E-state index contributed by atoms with van der Waals surface area (Å²) in [5, 5.41) is 2.64. The highest BCUT2D eigenvalue weighted by Gasteiger charge is 2.20. The fourth-order valence-corrected chi connectivity index (χ4v) is 2.30. The number of hydrogen-bond donors (Lipinski definition) is 0. The van der Waals surface area contributed by atoms with Gasteiger partial charge in [-0.3, -0.25) is 0 Å². The average molecular weight is 198 g/mol. The Hall–Kier alpha value is -1.70. The van der Waals surface area contributed by atoms with Crippen LogP contribution in [0.4, 0.5) is 11.4 Å². The third kappa shape index (κ3) is 1.18. The molecule has 0 atom stereocenters. The number of anilines is 2. The summed E-state index contributed by atoms with van der Waals surface area (Å²) in [7, 11) is 4.27. The molecule has 15 heavy (non-hydrogen) atoms. The number of rotatable bonds is 0. The molecule has 0 amide bonds. The summed E-state index contributed by atoms with van der Waals surface area (Å²) in [5.74, 6) is 0. The Morgan fingerprint density at radius 2 is 1.33 bits per heavy atom. The quantitative estimate of drug-likeness (QED) is 0.642. The summed E-state index contributed by atoms with van der Waals surface area (Å²) in [4.78, 5) is 4.56. The van der Waals surface area contributed by atoms with Crippen LogP contribution >= 0.6 is 0 Å². The molecule has 1 aliphatic heterocycles. The normalized spacial score (nSPS) is 14.8.